The monoisotopic (exact) mass is 396 g/mol. The van der Waals surface area contributed by atoms with E-state index in [1.54, 1.807) is 21.8 Å². The van der Waals surface area contributed by atoms with Gasteiger partial charge in [0.1, 0.15) is 11.5 Å². The Morgan fingerprint density at radius 1 is 1.24 bits per heavy atom. The lowest BCUT2D eigenvalue weighted by atomic mass is 10.1. The predicted octanol–water partition coefficient (Wildman–Crippen LogP) is 2.51. The maximum absolute atomic E-state index is 12.7. The second kappa shape index (κ2) is 8.89. The second-order valence-electron chi connectivity index (χ2n) is 7.30. The van der Waals surface area contributed by atoms with E-state index in [1.165, 1.54) is 6.08 Å². The van der Waals surface area contributed by atoms with Crippen molar-refractivity contribution in [1.82, 2.24) is 19.7 Å². The van der Waals surface area contributed by atoms with Crippen LogP contribution in [0, 0.1) is 0 Å². The maximum atomic E-state index is 12.7. The number of aryl methyl sites for hydroxylation is 1. The van der Waals surface area contributed by atoms with Crippen molar-refractivity contribution < 1.29 is 9.59 Å². The molecule has 3 heterocycles. The van der Waals surface area contributed by atoms with Gasteiger partial charge in [0.05, 0.1) is 17.6 Å². The summed E-state index contributed by atoms with van der Waals surface area (Å²) in [4.78, 5) is 32.7. The Bertz CT molecular complexity index is 879. The van der Waals surface area contributed by atoms with Gasteiger partial charge in [0.15, 0.2) is 0 Å². The first-order chi connectivity index (χ1) is 13.9. The van der Waals surface area contributed by atoms with Crippen molar-refractivity contribution in [2.45, 2.75) is 33.2 Å². The first-order valence-electron chi connectivity index (χ1n) is 9.94. The third-order valence-corrected chi connectivity index (χ3v) is 5.04. The highest BCUT2D eigenvalue weighted by Gasteiger charge is 2.20. The Morgan fingerprint density at radius 3 is 2.52 bits per heavy atom. The number of aromatic nitrogens is 3. The molecule has 0 spiro atoms. The number of hydrogen-bond donors (Lipinski definition) is 1. The molecule has 1 aliphatic heterocycles. The molecule has 1 fully saturated rings. The number of carbonyl (C=O) groups is 2. The van der Waals surface area contributed by atoms with Gasteiger partial charge in [-0.2, -0.15) is 5.10 Å². The summed E-state index contributed by atoms with van der Waals surface area (Å²) in [5, 5.41) is 7.34. The van der Waals surface area contributed by atoms with Crippen LogP contribution in [-0.2, 0) is 11.3 Å². The minimum atomic E-state index is -0.219. The van der Waals surface area contributed by atoms with Gasteiger partial charge in [0.2, 0.25) is 5.91 Å². The summed E-state index contributed by atoms with van der Waals surface area (Å²) in [5.41, 5.74) is 2.40. The van der Waals surface area contributed by atoms with Crippen LogP contribution >= 0.6 is 0 Å². The number of rotatable bonds is 6. The topological polar surface area (TPSA) is 83.4 Å². The van der Waals surface area contributed by atoms with Gasteiger partial charge in [0.25, 0.3) is 5.91 Å². The number of amides is 2. The summed E-state index contributed by atoms with van der Waals surface area (Å²) in [5.74, 6) is 0.499. The minimum absolute atomic E-state index is 0.0345. The summed E-state index contributed by atoms with van der Waals surface area (Å²) in [6.07, 6.45) is 3.10. The molecule has 29 heavy (non-hydrogen) atoms. The van der Waals surface area contributed by atoms with Gasteiger partial charge >= 0.3 is 0 Å². The molecule has 2 amide bonds. The highest BCUT2D eigenvalue weighted by Crippen LogP contribution is 2.19. The van der Waals surface area contributed by atoms with Gasteiger partial charge in [-0.25, -0.2) is 4.98 Å². The molecular formula is C21H28N6O2. The Hall–Kier alpha value is -3.16. The molecule has 0 aromatic carbocycles. The quantitative estimate of drug-likeness (QED) is 0.759. The molecule has 8 heteroatoms. The van der Waals surface area contributed by atoms with Crippen molar-refractivity contribution >= 4 is 23.3 Å². The van der Waals surface area contributed by atoms with Crippen LogP contribution in [0.2, 0.25) is 0 Å². The highest BCUT2D eigenvalue weighted by atomic mass is 16.2. The summed E-state index contributed by atoms with van der Waals surface area (Å²) >= 11 is 0. The molecule has 0 saturated carbocycles. The van der Waals surface area contributed by atoms with Crippen molar-refractivity contribution in [2.24, 2.45) is 0 Å². The van der Waals surface area contributed by atoms with Gasteiger partial charge < -0.3 is 15.1 Å². The van der Waals surface area contributed by atoms with E-state index in [0.717, 1.165) is 24.5 Å². The molecule has 1 saturated heterocycles. The smallest absolute Gasteiger partial charge is 0.275 e. The molecule has 8 nitrogen and oxygen atoms in total. The fraction of sp³-hybridized carbons (Fsp3) is 0.429. The van der Waals surface area contributed by atoms with Crippen molar-refractivity contribution in [1.29, 1.82) is 0 Å². The van der Waals surface area contributed by atoms with E-state index >= 15 is 0 Å². The molecule has 2 aromatic heterocycles. The van der Waals surface area contributed by atoms with Gasteiger partial charge in [-0.05, 0) is 37.1 Å². The SMILES string of the molecule is C=CC(=O)N1CCN(c2ccc(NC(=O)c3cc(C(C)C)nn3CC)nc2)CC1. The Morgan fingerprint density at radius 2 is 1.97 bits per heavy atom. The van der Waals surface area contributed by atoms with Gasteiger partial charge in [-0.1, -0.05) is 20.4 Å². The number of nitrogens with one attached hydrogen (secondary N) is 1. The summed E-state index contributed by atoms with van der Waals surface area (Å²) in [6, 6.07) is 5.57. The molecule has 0 atom stereocenters. The lowest BCUT2D eigenvalue weighted by Gasteiger charge is -2.35. The zero-order valence-electron chi connectivity index (χ0n) is 17.3. The van der Waals surface area contributed by atoms with Crippen LogP contribution < -0.4 is 10.2 Å². The molecule has 0 unspecified atom stereocenters. The van der Waals surface area contributed by atoms with E-state index in [4.69, 9.17) is 0 Å². The van der Waals surface area contributed by atoms with E-state index in [1.807, 2.05) is 19.1 Å². The molecule has 0 aliphatic carbocycles. The predicted molar refractivity (Wildman–Crippen MR) is 113 cm³/mol. The molecule has 0 radical (unpaired) electrons. The van der Waals surface area contributed by atoms with Crippen LogP contribution in [0.15, 0.2) is 37.1 Å². The van der Waals surface area contributed by atoms with Crippen LogP contribution in [0.5, 0.6) is 0 Å². The first-order valence-corrected chi connectivity index (χ1v) is 9.94. The lowest BCUT2D eigenvalue weighted by molar-refractivity contribution is -0.126. The van der Waals surface area contributed by atoms with Gasteiger partial charge in [-0.15, -0.1) is 0 Å². The second-order valence-corrected chi connectivity index (χ2v) is 7.30. The van der Waals surface area contributed by atoms with E-state index < -0.39 is 0 Å². The fourth-order valence-corrected chi connectivity index (χ4v) is 3.28. The molecule has 1 aliphatic rings. The highest BCUT2D eigenvalue weighted by molar-refractivity contribution is 6.02. The summed E-state index contributed by atoms with van der Waals surface area (Å²) in [7, 11) is 0. The number of piperazine rings is 1. The minimum Gasteiger partial charge on any atom is -0.367 e. The molecule has 1 N–H and O–H groups in total. The Kier molecular flexibility index (Phi) is 6.31. The van der Waals surface area contributed by atoms with Crippen molar-refractivity contribution in [3.05, 3.63) is 48.4 Å². The molecule has 3 rings (SSSR count). The largest absolute Gasteiger partial charge is 0.367 e. The number of pyridine rings is 1. The van der Waals surface area contributed by atoms with E-state index in [2.05, 4.69) is 40.7 Å². The van der Waals surface area contributed by atoms with Crippen molar-refractivity contribution in [2.75, 3.05) is 36.4 Å². The Labute approximate surface area is 171 Å². The molecular weight excluding hydrogens is 368 g/mol. The summed E-state index contributed by atoms with van der Waals surface area (Å²) < 4.78 is 1.71. The van der Waals surface area contributed by atoms with Crippen LogP contribution in [-0.4, -0.2) is 57.7 Å². The van der Waals surface area contributed by atoms with Crippen LogP contribution in [0.25, 0.3) is 0 Å². The third kappa shape index (κ3) is 4.64. The lowest BCUT2D eigenvalue weighted by Crippen LogP contribution is -2.48. The number of carbonyl (C=O) groups excluding carboxylic acids is 2. The van der Waals surface area contributed by atoms with Gasteiger partial charge in [-0.3, -0.25) is 14.3 Å². The standard InChI is InChI=1S/C21H28N6O2/c1-5-20(28)26-11-9-25(10-12-26)16-7-8-19(22-14-16)23-21(29)18-13-17(15(3)4)24-27(18)6-2/h5,7-8,13-15H,1,6,9-12H2,2-4H3,(H,22,23,29). The Balaban J connectivity index is 1.63. The van der Waals surface area contributed by atoms with E-state index in [0.29, 0.717) is 31.1 Å². The average molecular weight is 396 g/mol. The zero-order valence-corrected chi connectivity index (χ0v) is 17.3. The fourth-order valence-electron chi connectivity index (χ4n) is 3.28. The summed E-state index contributed by atoms with van der Waals surface area (Å²) in [6.45, 7) is 13.0. The van der Waals surface area contributed by atoms with Gasteiger partial charge in [0, 0.05) is 32.7 Å². The average Bonchev–Trinajstić information content (AvgIpc) is 3.19. The van der Waals surface area contributed by atoms with Crippen molar-refractivity contribution in [3.8, 4) is 0 Å². The first kappa shape index (κ1) is 20.6. The van der Waals surface area contributed by atoms with Crippen LogP contribution in [0.1, 0.15) is 42.9 Å². The number of anilines is 2. The number of nitrogens with zero attached hydrogens (tertiary/aromatic N) is 5. The third-order valence-electron chi connectivity index (χ3n) is 5.04. The maximum Gasteiger partial charge on any atom is 0.275 e. The van der Waals surface area contributed by atoms with Crippen LogP contribution in [0.3, 0.4) is 0 Å². The van der Waals surface area contributed by atoms with E-state index in [9.17, 15) is 9.59 Å². The molecule has 2 aromatic rings. The van der Waals surface area contributed by atoms with E-state index in [-0.39, 0.29) is 17.7 Å². The molecule has 0 bridgehead atoms. The van der Waals surface area contributed by atoms with Crippen molar-refractivity contribution in [3.63, 3.8) is 0 Å². The van der Waals surface area contributed by atoms with Crippen LogP contribution in [0.4, 0.5) is 11.5 Å². The normalized spacial score (nSPS) is 14.2. The number of hydrogen-bond acceptors (Lipinski definition) is 5. The zero-order chi connectivity index (χ0) is 21.0. The molecule has 154 valence electrons.